The minimum atomic E-state index is -1.06. The van der Waals surface area contributed by atoms with Crippen molar-refractivity contribution in [3.05, 3.63) is 34.9 Å². The zero-order valence-corrected chi connectivity index (χ0v) is 12.6. The maximum Gasteiger partial charge on any atom is 0.330 e. The summed E-state index contributed by atoms with van der Waals surface area (Å²) in [5, 5.41) is 12.0. The average Bonchev–Trinajstić information content (AvgIpc) is 3.18. The summed E-state index contributed by atoms with van der Waals surface area (Å²) in [4.78, 5) is 23.5. The molecule has 0 spiro atoms. The third kappa shape index (κ3) is 3.61. The van der Waals surface area contributed by atoms with Gasteiger partial charge in [0.2, 0.25) is 5.91 Å². The SMILES string of the molecule is CCOC1CC1C(=O)NC(C(=O)O)c1ccc(C)c(C)c1. The highest BCUT2D eigenvalue weighted by atomic mass is 16.5. The van der Waals surface area contributed by atoms with Crippen molar-refractivity contribution >= 4 is 11.9 Å². The average molecular weight is 291 g/mol. The van der Waals surface area contributed by atoms with Gasteiger partial charge in [0.15, 0.2) is 6.04 Å². The molecule has 0 bridgehead atoms. The summed E-state index contributed by atoms with van der Waals surface area (Å²) in [6, 6.07) is 4.40. The Morgan fingerprint density at radius 2 is 2.10 bits per heavy atom. The van der Waals surface area contributed by atoms with Gasteiger partial charge in [0.25, 0.3) is 0 Å². The largest absolute Gasteiger partial charge is 0.479 e. The van der Waals surface area contributed by atoms with E-state index in [0.29, 0.717) is 18.6 Å². The fraction of sp³-hybridized carbons (Fsp3) is 0.500. The third-order valence-electron chi connectivity index (χ3n) is 3.85. The van der Waals surface area contributed by atoms with Crippen molar-refractivity contribution < 1.29 is 19.4 Å². The molecule has 0 radical (unpaired) electrons. The van der Waals surface area contributed by atoms with Gasteiger partial charge in [-0.05, 0) is 43.9 Å². The Balaban J connectivity index is 2.08. The topological polar surface area (TPSA) is 75.6 Å². The van der Waals surface area contributed by atoms with Crippen LogP contribution in [0.25, 0.3) is 0 Å². The van der Waals surface area contributed by atoms with Gasteiger partial charge < -0.3 is 15.2 Å². The molecule has 0 aromatic heterocycles. The molecule has 114 valence electrons. The molecule has 3 atom stereocenters. The standard InChI is InChI=1S/C16H21NO4/c1-4-21-13-8-12(13)15(18)17-14(16(19)20)11-6-5-9(2)10(3)7-11/h5-7,12-14H,4,8H2,1-3H3,(H,17,18)(H,19,20). The number of carboxylic acid groups (broad SMARTS) is 1. The molecule has 0 saturated heterocycles. The normalized spacial score (nSPS) is 21.7. The van der Waals surface area contributed by atoms with Crippen LogP contribution in [-0.2, 0) is 14.3 Å². The van der Waals surface area contributed by atoms with Crippen molar-refractivity contribution in [1.29, 1.82) is 0 Å². The van der Waals surface area contributed by atoms with E-state index in [1.54, 1.807) is 12.1 Å². The first-order valence-electron chi connectivity index (χ1n) is 7.16. The molecular formula is C16H21NO4. The third-order valence-corrected chi connectivity index (χ3v) is 3.85. The Labute approximate surface area is 124 Å². The Morgan fingerprint density at radius 1 is 1.38 bits per heavy atom. The molecule has 0 heterocycles. The number of ether oxygens (including phenoxy) is 1. The minimum absolute atomic E-state index is 0.0656. The number of nitrogens with one attached hydrogen (secondary N) is 1. The van der Waals surface area contributed by atoms with Crippen molar-refractivity contribution in [2.75, 3.05) is 6.61 Å². The van der Waals surface area contributed by atoms with Crippen LogP contribution in [0.3, 0.4) is 0 Å². The fourth-order valence-corrected chi connectivity index (χ4v) is 2.33. The Morgan fingerprint density at radius 3 is 2.67 bits per heavy atom. The molecule has 1 amide bonds. The van der Waals surface area contributed by atoms with E-state index < -0.39 is 12.0 Å². The summed E-state index contributed by atoms with van der Waals surface area (Å²) in [5.41, 5.74) is 2.69. The molecule has 5 heteroatoms. The van der Waals surface area contributed by atoms with E-state index in [1.807, 2.05) is 26.8 Å². The van der Waals surface area contributed by atoms with Crippen LogP contribution in [-0.4, -0.2) is 29.7 Å². The summed E-state index contributed by atoms with van der Waals surface area (Å²) < 4.78 is 5.36. The number of amides is 1. The van der Waals surface area contributed by atoms with Crippen molar-refractivity contribution in [3.63, 3.8) is 0 Å². The Kier molecular flexibility index (Phi) is 4.63. The molecule has 5 nitrogen and oxygen atoms in total. The Bertz CT molecular complexity index is 555. The van der Waals surface area contributed by atoms with Crippen LogP contribution in [0.5, 0.6) is 0 Å². The molecule has 0 aliphatic heterocycles. The predicted octanol–water partition coefficient (Wildman–Crippen LogP) is 1.97. The van der Waals surface area contributed by atoms with Gasteiger partial charge >= 0.3 is 5.97 Å². The smallest absolute Gasteiger partial charge is 0.330 e. The summed E-state index contributed by atoms with van der Waals surface area (Å²) in [6.07, 6.45) is 0.600. The van der Waals surface area contributed by atoms with Gasteiger partial charge in [-0.2, -0.15) is 0 Å². The van der Waals surface area contributed by atoms with Crippen LogP contribution in [0.1, 0.15) is 36.1 Å². The number of carboxylic acids is 1. The van der Waals surface area contributed by atoms with E-state index in [1.165, 1.54) is 0 Å². The zero-order chi connectivity index (χ0) is 15.6. The summed E-state index contributed by atoms with van der Waals surface area (Å²) in [7, 11) is 0. The van der Waals surface area contributed by atoms with Crippen LogP contribution in [0.15, 0.2) is 18.2 Å². The zero-order valence-electron chi connectivity index (χ0n) is 12.6. The first kappa shape index (κ1) is 15.5. The van der Waals surface area contributed by atoms with Gasteiger partial charge in [0.05, 0.1) is 12.0 Å². The van der Waals surface area contributed by atoms with Crippen LogP contribution < -0.4 is 5.32 Å². The molecule has 21 heavy (non-hydrogen) atoms. The lowest BCUT2D eigenvalue weighted by molar-refractivity contribution is -0.142. The number of hydrogen-bond acceptors (Lipinski definition) is 3. The van der Waals surface area contributed by atoms with Crippen LogP contribution in [0, 0.1) is 19.8 Å². The lowest BCUT2D eigenvalue weighted by atomic mass is 10.0. The van der Waals surface area contributed by atoms with Crippen molar-refractivity contribution in [2.45, 2.75) is 39.3 Å². The van der Waals surface area contributed by atoms with Crippen LogP contribution in [0.2, 0.25) is 0 Å². The minimum Gasteiger partial charge on any atom is -0.479 e. The number of carbonyl (C=O) groups is 2. The van der Waals surface area contributed by atoms with E-state index in [0.717, 1.165) is 11.1 Å². The lowest BCUT2D eigenvalue weighted by Gasteiger charge is -2.16. The molecule has 1 fully saturated rings. The molecule has 1 saturated carbocycles. The van der Waals surface area contributed by atoms with Crippen molar-refractivity contribution in [1.82, 2.24) is 5.32 Å². The number of hydrogen-bond donors (Lipinski definition) is 2. The number of aliphatic carboxylic acids is 1. The monoisotopic (exact) mass is 291 g/mol. The number of aryl methyl sites for hydroxylation is 2. The van der Waals surface area contributed by atoms with Crippen molar-refractivity contribution in [2.24, 2.45) is 5.92 Å². The molecule has 3 unspecified atom stereocenters. The molecule has 1 aliphatic rings. The number of rotatable bonds is 6. The lowest BCUT2D eigenvalue weighted by Crippen LogP contribution is -2.35. The summed E-state index contributed by atoms with van der Waals surface area (Å²) in [5.74, 6) is -1.53. The first-order valence-corrected chi connectivity index (χ1v) is 7.16. The van der Waals surface area contributed by atoms with Crippen molar-refractivity contribution in [3.8, 4) is 0 Å². The predicted molar refractivity (Wildman–Crippen MR) is 78.0 cm³/mol. The summed E-state index contributed by atoms with van der Waals surface area (Å²) >= 11 is 0. The second kappa shape index (κ2) is 6.26. The number of carbonyl (C=O) groups excluding carboxylic acids is 1. The first-order chi connectivity index (χ1) is 9.93. The molecule has 1 aromatic carbocycles. The van der Waals surface area contributed by atoms with Gasteiger partial charge in [-0.25, -0.2) is 4.79 Å². The van der Waals surface area contributed by atoms with E-state index >= 15 is 0 Å². The second-order valence-corrected chi connectivity index (χ2v) is 5.46. The van der Waals surface area contributed by atoms with Gasteiger partial charge in [0, 0.05) is 6.61 Å². The molecule has 1 aromatic rings. The molecule has 2 rings (SSSR count). The van der Waals surface area contributed by atoms with Crippen LogP contribution in [0.4, 0.5) is 0 Å². The quantitative estimate of drug-likeness (QED) is 0.840. The van der Waals surface area contributed by atoms with Gasteiger partial charge in [-0.15, -0.1) is 0 Å². The number of benzene rings is 1. The Hall–Kier alpha value is -1.88. The maximum absolute atomic E-state index is 12.1. The van der Waals surface area contributed by atoms with E-state index in [9.17, 15) is 14.7 Å². The fourth-order valence-electron chi connectivity index (χ4n) is 2.33. The highest BCUT2D eigenvalue weighted by molar-refractivity contribution is 5.87. The van der Waals surface area contributed by atoms with Gasteiger partial charge in [-0.1, -0.05) is 18.2 Å². The highest BCUT2D eigenvalue weighted by Crippen LogP contribution is 2.34. The van der Waals surface area contributed by atoms with Gasteiger partial charge in [0.1, 0.15) is 0 Å². The van der Waals surface area contributed by atoms with Gasteiger partial charge in [-0.3, -0.25) is 4.79 Å². The summed E-state index contributed by atoms with van der Waals surface area (Å²) in [6.45, 7) is 6.33. The molecular weight excluding hydrogens is 270 g/mol. The molecule has 1 aliphatic carbocycles. The van der Waals surface area contributed by atoms with E-state index in [2.05, 4.69) is 5.32 Å². The maximum atomic E-state index is 12.1. The van der Waals surface area contributed by atoms with E-state index in [-0.39, 0.29) is 17.9 Å². The molecule has 2 N–H and O–H groups in total. The highest BCUT2D eigenvalue weighted by Gasteiger charge is 2.45. The second-order valence-electron chi connectivity index (χ2n) is 5.46. The van der Waals surface area contributed by atoms with E-state index in [4.69, 9.17) is 4.74 Å². The van der Waals surface area contributed by atoms with Crippen LogP contribution >= 0.6 is 0 Å².